The van der Waals surface area contributed by atoms with Gasteiger partial charge in [0.25, 0.3) is 0 Å². The van der Waals surface area contributed by atoms with Gasteiger partial charge < -0.3 is 14.3 Å². The maximum absolute atomic E-state index is 10.7. The largest absolute Gasteiger partial charge is 0.494 e. The number of carbonyl (C=O) groups is 1. The van der Waals surface area contributed by atoms with Crippen molar-refractivity contribution in [2.24, 2.45) is 0 Å². The predicted octanol–water partition coefficient (Wildman–Crippen LogP) is 2.60. The van der Waals surface area contributed by atoms with E-state index in [1.54, 1.807) is 13.0 Å². The van der Waals surface area contributed by atoms with Crippen LogP contribution < -0.4 is 0 Å². The van der Waals surface area contributed by atoms with E-state index in [0.29, 0.717) is 5.56 Å². The molecule has 0 saturated carbocycles. The van der Waals surface area contributed by atoms with E-state index in [-0.39, 0.29) is 17.4 Å². The zero-order valence-corrected chi connectivity index (χ0v) is 8.40. The van der Waals surface area contributed by atoms with Gasteiger partial charge in [-0.2, -0.15) is 0 Å². The Hall–Kier alpha value is -1.97. The van der Waals surface area contributed by atoms with Gasteiger partial charge in [0.15, 0.2) is 0 Å². The van der Waals surface area contributed by atoms with Crippen LogP contribution in [0.1, 0.15) is 24.4 Å². The van der Waals surface area contributed by atoms with Crippen LogP contribution in [0.3, 0.4) is 0 Å². The molecular formula is C11H12O4. The van der Waals surface area contributed by atoms with Gasteiger partial charge in [-0.3, -0.25) is 0 Å². The number of rotatable bonds is 5. The SMILES string of the molecule is C=COC(C)c1ccoc1C(=C)C(=O)O. The smallest absolute Gasteiger partial charge is 0.338 e. The molecule has 0 aliphatic heterocycles. The van der Waals surface area contributed by atoms with E-state index in [1.165, 1.54) is 12.5 Å². The zero-order chi connectivity index (χ0) is 11.4. The first-order valence-corrected chi connectivity index (χ1v) is 4.34. The second-order valence-electron chi connectivity index (χ2n) is 2.93. The van der Waals surface area contributed by atoms with E-state index < -0.39 is 5.97 Å². The highest BCUT2D eigenvalue weighted by molar-refractivity contribution is 6.13. The molecule has 0 amide bonds. The summed E-state index contributed by atoms with van der Waals surface area (Å²) >= 11 is 0. The molecular weight excluding hydrogens is 196 g/mol. The summed E-state index contributed by atoms with van der Waals surface area (Å²) in [5.74, 6) is -0.881. The van der Waals surface area contributed by atoms with Gasteiger partial charge in [-0.05, 0) is 13.0 Å². The lowest BCUT2D eigenvalue weighted by Gasteiger charge is -2.10. The van der Waals surface area contributed by atoms with E-state index in [9.17, 15) is 4.79 Å². The predicted molar refractivity (Wildman–Crippen MR) is 55.1 cm³/mol. The van der Waals surface area contributed by atoms with Gasteiger partial charge in [0.1, 0.15) is 11.9 Å². The molecule has 0 spiro atoms. The molecule has 15 heavy (non-hydrogen) atoms. The number of carboxylic acids is 1. The van der Waals surface area contributed by atoms with Crippen molar-refractivity contribution in [3.05, 3.63) is 43.1 Å². The van der Waals surface area contributed by atoms with Crippen LogP contribution in [-0.2, 0) is 9.53 Å². The Morgan fingerprint density at radius 1 is 1.73 bits per heavy atom. The quantitative estimate of drug-likeness (QED) is 0.596. The topological polar surface area (TPSA) is 59.7 Å². The molecule has 1 aromatic rings. The Balaban J connectivity index is 3.00. The molecule has 0 fully saturated rings. The normalized spacial score (nSPS) is 11.8. The van der Waals surface area contributed by atoms with Gasteiger partial charge in [-0.1, -0.05) is 13.2 Å². The number of furan rings is 1. The summed E-state index contributed by atoms with van der Waals surface area (Å²) in [5, 5.41) is 8.77. The molecule has 4 nitrogen and oxygen atoms in total. The average molecular weight is 208 g/mol. The molecule has 1 atom stereocenters. The molecule has 4 heteroatoms. The molecule has 1 aromatic heterocycles. The highest BCUT2D eigenvalue weighted by Gasteiger charge is 2.19. The molecule has 0 aromatic carbocycles. The van der Waals surface area contributed by atoms with Gasteiger partial charge in [0, 0.05) is 5.56 Å². The van der Waals surface area contributed by atoms with Crippen molar-refractivity contribution in [1.82, 2.24) is 0 Å². The summed E-state index contributed by atoms with van der Waals surface area (Å²) < 4.78 is 10.2. The fourth-order valence-corrected chi connectivity index (χ4v) is 1.20. The molecule has 0 bridgehead atoms. The van der Waals surface area contributed by atoms with Crippen molar-refractivity contribution in [3.63, 3.8) is 0 Å². The van der Waals surface area contributed by atoms with Crippen LogP contribution in [0, 0.1) is 0 Å². The summed E-state index contributed by atoms with van der Waals surface area (Å²) in [5.41, 5.74) is 0.553. The van der Waals surface area contributed by atoms with Crippen molar-refractivity contribution in [3.8, 4) is 0 Å². The van der Waals surface area contributed by atoms with Crippen molar-refractivity contribution >= 4 is 11.5 Å². The third-order valence-electron chi connectivity index (χ3n) is 1.97. The van der Waals surface area contributed by atoms with Crippen LogP contribution in [-0.4, -0.2) is 11.1 Å². The first kappa shape index (κ1) is 11.1. The van der Waals surface area contributed by atoms with Crippen LogP contribution in [0.15, 0.2) is 36.2 Å². The molecule has 0 radical (unpaired) electrons. The molecule has 1 rings (SSSR count). The number of aliphatic carboxylic acids is 1. The van der Waals surface area contributed by atoms with Crippen LogP contribution in [0.4, 0.5) is 0 Å². The summed E-state index contributed by atoms with van der Waals surface area (Å²) in [6.07, 6.45) is 2.39. The van der Waals surface area contributed by atoms with Crippen LogP contribution in [0.2, 0.25) is 0 Å². The third kappa shape index (κ3) is 2.28. The summed E-state index contributed by atoms with van der Waals surface area (Å²) in [4.78, 5) is 10.7. The lowest BCUT2D eigenvalue weighted by Crippen LogP contribution is -2.02. The van der Waals surface area contributed by atoms with Gasteiger partial charge in [0.05, 0.1) is 18.1 Å². The van der Waals surface area contributed by atoms with Gasteiger partial charge >= 0.3 is 5.97 Å². The Labute approximate surface area is 87.5 Å². The zero-order valence-electron chi connectivity index (χ0n) is 8.40. The van der Waals surface area contributed by atoms with E-state index in [2.05, 4.69) is 13.2 Å². The Morgan fingerprint density at radius 3 is 2.93 bits per heavy atom. The maximum Gasteiger partial charge on any atom is 0.338 e. The third-order valence-corrected chi connectivity index (χ3v) is 1.97. The Morgan fingerprint density at radius 2 is 2.40 bits per heavy atom. The van der Waals surface area contributed by atoms with Crippen molar-refractivity contribution in [2.45, 2.75) is 13.0 Å². The van der Waals surface area contributed by atoms with Gasteiger partial charge in [-0.15, -0.1) is 0 Å². The summed E-state index contributed by atoms with van der Waals surface area (Å²) in [6, 6.07) is 1.65. The molecule has 0 saturated heterocycles. The lowest BCUT2D eigenvalue weighted by atomic mass is 10.1. The summed E-state index contributed by atoms with van der Waals surface area (Å²) in [7, 11) is 0. The van der Waals surface area contributed by atoms with Gasteiger partial charge in [0.2, 0.25) is 0 Å². The van der Waals surface area contributed by atoms with Crippen molar-refractivity contribution in [1.29, 1.82) is 0 Å². The second-order valence-corrected chi connectivity index (χ2v) is 2.93. The minimum absolute atomic E-state index is 0.0884. The van der Waals surface area contributed by atoms with Gasteiger partial charge in [-0.25, -0.2) is 4.79 Å². The van der Waals surface area contributed by atoms with Crippen molar-refractivity contribution in [2.75, 3.05) is 0 Å². The van der Waals surface area contributed by atoms with E-state index in [4.69, 9.17) is 14.3 Å². The lowest BCUT2D eigenvalue weighted by molar-refractivity contribution is -0.130. The fraction of sp³-hybridized carbons (Fsp3) is 0.182. The standard InChI is InChI=1S/C11H12O4/c1-4-14-8(3)9-5-6-15-10(9)7(2)11(12)13/h4-6,8H,1-2H2,3H3,(H,12,13). The van der Waals surface area contributed by atoms with Crippen LogP contribution in [0.5, 0.6) is 0 Å². The molecule has 0 aliphatic rings. The highest BCUT2D eigenvalue weighted by Crippen LogP contribution is 2.27. The van der Waals surface area contributed by atoms with Crippen LogP contribution >= 0.6 is 0 Å². The molecule has 0 aliphatic carbocycles. The van der Waals surface area contributed by atoms with E-state index in [1.807, 2.05) is 0 Å². The number of ether oxygens (including phenoxy) is 1. The minimum atomic E-state index is -1.11. The van der Waals surface area contributed by atoms with E-state index in [0.717, 1.165) is 0 Å². The fourth-order valence-electron chi connectivity index (χ4n) is 1.20. The number of hydrogen-bond acceptors (Lipinski definition) is 3. The first-order valence-electron chi connectivity index (χ1n) is 4.34. The average Bonchev–Trinajstić information content (AvgIpc) is 2.65. The van der Waals surface area contributed by atoms with E-state index >= 15 is 0 Å². The molecule has 1 N–H and O–H groups in total. The minimum Gasteiger partial charge on any atom is -0.494 e. The monoisotopic (exact) mass is 208 g/mol. The highest BCUT2D eigenvalue weighted by atomic mass is 16.5. The molecule has 1 heterocycles. The number of carboxylic acid groups (broad SMARTS) is 1. The maximum atomic E-state index is 10.7. The first-order chi connectivity index (χ1) is 7.07. The van der Waals surface area contributed by atoms with Crippen molar-refractivity contribution < 1.29 is 19.1 Å². The Bertz CT molecular complexity index is 389. The summed E-state index contributed by atoms with van der Waals surface area (Å²) in [6.45, 7) is 8.62. The van der Waals surface area contributed by atoms with Crippen LogP contribution in [0.25, 0.3) is 5.57 Å². The second kappa shape index (κ2) is 4.50. The molecule has 1 unspecified atom stereocenters. The molecule has 80 valence electrons. The number of hydrogen-bond donors (Lipinski definition) is 1. The Kier molecular flexibility index (Phi) is 3.33.